The molecule has 2 N–H and O–H groups in total. The average molecular weight is 201 g/mol. The van der Waals surface area contributed by atoms with Gasteiger partial charge >= 0.3 is 6.09 Å². The van der Waals surface area contributed by atoms with Gasteiger partial charge in [0, 0.05) is 18.1 Å². The highest BCUT2D eigenvalue weighted by atomic mass is 16.6. The van der Waals surface area contributed by atoms with Gasteiger partial charge in [0.1, 0.15) is 5.60 Å². The van der Waals surface area contributed by atoms with Crippen LogP contribution in [0.4, 0.5) is 4.79 Å². The monoisotopic (exact) mass is 201 g/mol. The van der Waals surface area contributed by atoms with Crippen molar-refractivity contribution in [3.63, 3.8) is 0 Å². The highest BCUT2D eigenvalue weighted by molar-refractivity contribution is 5.69. The number of amides is 1. The SMILES string of the molecule is CC(C)(C)OC(=O)N[C@@]1(C)C[C@H]1CO. The number of hydrogen-bond donors (Lipinski definition) is 2. The van der Waals surface area contributed by atoms with Gasteiger partial charge in [-0.3, -0.25) is 0 Å². The van der Waals surface area contributed by atoms with Gasteiger partial charge in [-0.05, 0) is 34.1 Å². The van der Waals surface area contributed by atoms with Crippen LogP contribution in [0.25, 0.3) is 0 Å². The van der Waals surface area contributed by atoms with Gasteiger partial charge in [0.25, 0.3) is 0 Å². The van der Waals surface area contributed by atoms with Gasteiger partial charge in [-0.15, -0.1) is 0 Å². The van der Waals surface area contributed by atoms with Crippen molar-refractivity contribution in [1.82, 2.24) is 5.32 Å². The molecule has 1 aliphatic carbocycles. The maximum atomic E-state index is 11.4. The predicted octanol–water partition coefficient (Wildman–Crippen LogP) is 1.28. The summed E-state index contributed by atoms with van der Waals surface area (Å²) in [5.41, 5.74) is -0.735. The fraction of sp³-hybridized carbons (Fsp3) is 0.900. The van der Waals surface area contributed by atoms with Gasteiger partial charge < -0.3 is 15.2 Å². The van der Waals surface area contributed by atoms with Crippen LogP contribution in [0, 0.1) is 5.92 Å². The zero-order chi connectivity index (χ0) is 11.0. The number of ether oxygens (including phenoxy) is 1. The molecule has 1 amide bonds. The maximum absolute atomic E-state index is 11.4. The standard InChI is InChI=1S/C10H19NO3/c1-9(2,3)14-8(13)11-10(4)5-7(10)6-12/h7,12H,5-6H2,1-4H3,(H,11,13)/t7-,10-/m0/s1. The molecule has 1 rings (SSSR count). The number of alkyl carbamates (subject to hydrolysis) is 1. The van der Waals surface area contributed by atoms with E-state index in [0.717, 1.165) is 6.42 Å². The van der Waals surface area contributed by atoms with Crippen molar-refractivity contribution in [2.75, 3.05) is 6.61 Å². The second-order valence-electron chi connectivity index (χ2n) is 5.13. The van der Waals surface area contributed by atoms with Crippen LogP contribution in [0.15, 0.2) is 0 Å². The van der Waals surface area contributed by atoms with Gasteiger partial charge in [-0.25, -0.2) is 4.79 Å². The Labute approximate surface area is 84.6 Å². The highest BCUT2D eigenvalue weighted by Crippen LogP contribution is 2.42. The van der Waals surface area contributed by atoms with Crippen LogP contribution in [-0.2, 0) is 4.74 Å². The molecule has 1 fully saturated rings. The Bertz CT molecular complexity index is 234. The van der Waals surface area contributed by atoms with Gasteiger partial charge in [0.2, 0.25) is 0 Å². The quantitative estimate of drug-likeness (QED) is 0.707. The van der Waals surface area contributed by atoms with E-state index in [9.17, 15) is 4.79 Å². The molecule has 14 heavy (non-hydrogen) atoms. The third kappa shape index (κ3) is 2.87. The molecule has 0 saturated heterocycles. The minimum atomic E-state index is -0.468. The summed E-state index contributed by atoms with van der Waals surface area (Å²) in [4.78, 5) is 11.4. The lowest BCUT2D eigenvalue weighted by Gasteiger charge is -2.22. The molecule has 4 nitrogen and oxygen atoms in total. The smallest absolute Gasteiger partial charge is 0.408 e. The molecular formula is C10H19NO3. The summed E-state index contributed by atoms with van der Waals surface area (Å²) in [6.07, 6.45) is 0.416. The van der Waals surface area contributed by atoms with E-state index in [-0.39, 0.29) is 18.1 Å². The Kier molecular flexibility index (Phi) is 2.76. The van der Waals surface area contributed by atoms with E-state index >= 15 is 0 Å². The second kappa shape index (κ2) is 3.42. The van der Waals surface area contributed by atoms with E-state index in [1.807, 2.05) is 27.7 Å². The van der Waals surface area contributed by atoms with E-state index in [1.165, 1.54) is 0 Å². The van der Waals surface area contributed by atoms with Crippen LogP contribution in [0.2, 0.25) is 0 Å². The lowest BCUT2D eigenvalue weighted by molar-refractivity contribution is 0.0493. The number of hydrogen-bond acceptors (Lipinski definition) is 3. The summed E-state index contributed by atoms with van der Waals surface area (Å²) in [6, 6.07) is 0. The van der Waals surface area contributed by atoms with E-state index in [4.69, 9.17) is 9.84 Å². The van der Waals surface area contributed by atoms with Gasteiger partial charge in [0.15, 0.2) is 0 Å². The Morgan fingerprint density at radius 3 is 2.57 bits per heavy atom. The third-order valence-corrected chi connectivity index (χ3v) is 2.42. The van der Waals surface area contributed by atoms with Crippen LogP contribution < -0.4 is 5.32 Å². The minimum Gasteiger partial charge on any atom is -0.444 e. The van der Waals surface area contributed by atoms with Crippen molar-refractivity contribution in [2.45, 2.75) is 45.3 Å². The minimum absolute atomic E-state index is 0.117. The third-order valence-electron chi connectivity index (χ3n) is 2.42. The number of aliphatic hydroxyl groups is 1. The molecule has 0 unspecified atom stereocenters. The molecule has 0 spiro atoms. The predicted molar refractivity (Wildman–Crippen MR) is 53.0 cm³/mol. The molecule has 0 heterocycles. The Balaban J connectivity index is 2.36. The van der Waals surface area contributed by atoms with Gasteiger partial charge in [-0.1, -0.05) is 0 Å². The van der Waals surface area contributed by atoms with E-state index in [1.54, 1.807) is 0 Å². The lowest BCUT2D eigenvalue weighted by Crippen LogP contribution is -2.40. The normalized spacial score (nSPS) is 31.1. The molecule has 0 aromatic heterocycles. The first-order valence-electron chi connectivity index (χ1n) is 4.89. The zero-order valence-corrected chi connectivity index (χ0v) is 9.26. The first-order valence-corrected chi connectivity index (χ1v) is 4.89. The van der Waals surface area contributed by atoms with Crippen molar-refractivity contribution in [1.29, 1.82) is 0 Å². The molecule has 1 aliphatic rings. The van der Waals surface area contributed by atoms with Crippen LogP contribution in [0.3, 0.4) is 0 Å². The molecule has 0 bridgehead atoms. The fourth-order valence-corrected chi connectivity index (χ4v) is 1.41. The summed E-state index contributed by atoms with van der Waals surface area (Å²) < 4.78 is 5.11. The van der Waals surface area contributed by atoms with Crippen molar-refractivity contribution >= 4 is 6.09 Å². The fourth-order valence-electron chi connectivity index (χ4n) is 1.41. The Morgan fingerprint density at radius 2 is 2.21 bits per heavy atom. The number of rotatable bonds is 2. The largest absolute Gasteiger partial charge is 0.444 e. The number of carbonyl (C=O) groups excluding carboxylic acids is 1. The molecule has 0 radical (unpaired) electrons. The van der Waals surface area contributed by atoms with Gasteiger partial charge in [-0.2, -0.15) is 0 Å². The molecule has 4 heteroatoms. The van der Waals surface area contributed by atoms with E-state index in [2.05, 4.69) is 5.32 Å². The van der Waals surface area contributed by atoms with Crippen molar-refractivity contribution < 1.29 is 14.6 Å². The van der Waals surface area contributed by atoms with Crippen LogP contribution in [-0.4, -0.2) is 28.9 Å². The summed E-state index contributed by atoms with van der Waals surface area (Å²) in [6.45, 7) is 7.51. The van der Waals surface area contributed by atoms with E-state index < -0.39 is 11.7 Å². The summed E-state index contributed by atoms with van der Waals surface area (Å²) >= 11 is 0. The maximum Gasteiger partial charge on any atom is 0.408 e. The average Bonchev–Trinajstić information content (AvgIpc) is 2.56. The summed E-state index contributed by atoms with van der Waals surface area (Å²) in [5, 5.41) is 11.7. The van der Waals surface area contributed by atoms with Crippen LogP contribution in [0.5, 0.6) is 0 Å². The molecule has 0 aromatic rings. The number of nitrogens with one attached hydrogen (secondary N) is 1. The Morgan fingerprint density at radius 1 is 1.64 bits per heavy atom. The zero-order valence-electron chi connectivity index (χ0n) is 9.26. The molecular weight excluding hydrogens is 182 g/mol. The first kappa shape index (κ1) is 11.3. The van der Waals surface area contributed by atoms with Gasteiger partial charge in [0.05, 0.1) is 0 Å². The topological polar surface area (TPSA) is 58.6 Å². The second-order valence-corrected chi connectivity index (χ2v) is 5.13. The molecule has 1 saturated carbocycles. The van der Waals surface area contributed by atoms with Crippen LogP contribution in [0.1, 0.15) is 34.1 Å². The van der Waals surface area contributed by atoms with Crippen LogP contribution >= 0.6 is 0 Å². The molecule has 82 valence electrons. The highest BCUT2D eigenvalue weighted by Gasteiger charge is 2.51. The van der Waals surface area contributed by atoms with E-state index in [0.29, 0.717) is 0 Å². The van der Waals surface area contributed by atoms with Crippen molar-refractivity contribution in [3.05, 3.63) is 0 Å². The number of aliphatic hydroxyl groups excluding tert-OH is 1. The molecule has 0 aliphatic heterocycles. The molecule has 2 atom stereocenters. The summed E-state index contributed by atoms with van der Waals surface area (Å²) in [5.74, 6) is 0.176. The number of carbonyl (C=O) groups is 1. The summed E-state index contributed by atoms with van der Waals surface area (Å²) in [7, 11) is 0. The first-order chi connectivity index (χ1) is 6.27. The lowest BCUT2D eigenvalue weighted by atomic mass is 10.2. The van der Waals surface area contributed by atoms with Crippen molar-refractivity contribution in [2.24, 2.45) is 5.92 Å². The van der Waals surface area contributed by atoms with Crippen molar-refractivity contribution in [3.8, 4) is 0 Å². The molecule has 0 aromatic carbocycles. The Hall–Kier alpha value is -0.770.